The molecule has 0 amide bonds. The molecule has 0 aliphatic heterocycles. The van der Waals surface area contributed by atoms with Crippen molar-refractivity contribution in [1.82, 2.24) is 0 Å². The number of rotatable bonds is 0. The largest absolute Gasteiger partial charge is 0.425 e. The lowest BCUT2D eigenvalue weighted by Crippen LogP contribution is -2.41. The smallest absolute Gasteiger partial charge is 0.399 e. The first-order chi connectivity index (χ1) is 9.26. The van der Waals surface area contributed by atoms with Crippen molar-refractivity contribution < 1.29 is 18.3 Å². The van der Waals surface area contributed by atoms with E-state index >= 15 is 0 Å². The Labute approximate surface area is 117 Å². The molecule has 1 aliphatic rings. The van der Waals surface area contributed by atoms with Crippen LogP contribution >= 0.6 is 11.6 Å². The van der Waals surface area contributed by atoms with Crippen molar-refractivity contribution in [2.24, 2.45) is 0 Å². The molecule has 0 saturated carbocycles. The number of fused-ring (bicyclic) bond motifs is 3. The Morgan fingerprint density at radius 1 is 1.10 bits per heavy atom. The van der Waals surface area contributed by atoms with Gasteiger partial charge in [-0.15, -0.1) is 0 Å². The first-order valence-corrected chi connectivity index (χ1v) is 6.13. The van der Waals surface area contributed by atoms with Crippen LogP contribution in [0.5, 0.6) is 0 Å². The summed E-state index contributed by atoms with van der Waals surface area (Å²) in [7, 11) is 0. The Morgan fingerprint density at radius 3 is 2.40 bits per heavy atom. The lowest BCUT2D eigenvalue weighted by Gasteiger charge is -2.28. The minimum atomic E-state index is -4.87. The highest BCUT2D eigenvalue weighted by molar-refractivity contribution is 6.34. The number of nitrogen functional groups attached to an aromatic ring is 1. The molecule has 104 valence electrons. The van der Waals surface area contributed by atoms with E-state index in [1.165, 1.54) is 24.3 Å². The van der Waals surface area contributed by atoms with E-state index in [1.807, 2.05) is 0 Å². The summed E-state index contributed by atoms with van der Waals surface area (Å²) in [4.78, 5) is 0. The van der Waals surface area contributed by atoms with E-state index in [2.05, 4.69) is 0 Å². The normalized spacial score (nSPS) is 20.6. The average molecular weight is 300 g/mol. The number of aliphatic hydroxyl groups is 1. The third kappa shape index (κ3) is 1.50. The van der Waals surface area contributed by atoms with Crippen LogP contribution in [0.15, 0.2) is 36.4 Å². The van der Waals surface area contributed by atoms with Crippen LogP contribution < -0.4 is 5.73 Å². The molecule has 3 rings (SSSR count). The van der Waals surface area contributed by atoms with Crippen molar-refractivity contribution in [3.05, 3.63) is 52.5 Å². The first-order valence-electron chi connectivity index (χ1n) is 5.75. The van der Waals surface area contributed by atoms with Gasteiger partial charge in [0.25, 0.3) is 0 Å². The summed E-state index contributed by atoms with van der Waals surface area (Å²) in [5, 5.41) is 10.4. The van der Waals surface area contributed by atoms with Gasteiger partial charge in [0.1, 0.15) is 0 Å². The Morgan fingerprint density at radius 2 is 1.75 bits per heavy atom. The third-order valence-electron chi connectivity index (χ3n) is 3.50. The second-order valence-corrected chi connectivity index (χ2v) is 5.09. The highest BCUT2D eigenvalue weighted by atomic mass is 35.5. The maximum atomic E-state index is 13.4. The van der Waals surface area contributed by atoms with Crippen LogP contribution in [0, 0.1) is 0 Å². The second kappa shape index (κ2) is 3.90. The maximum Gasteiger partial charge on any atom is 0.425 e. The van der Waals surface area contributed by atoms with Gasteiger partial charge < -0.3 is 10.8 Å². The first kappa shape index (κ1) is 13.3. The number of benzene rings is 2. The zero-order valence-electron chi connectivity index (χ0n) is 10.0. The molecule has 0 fully saturated rings. The second-order valence-electron chi connectivity index (χ2n) is 4.68. The molecule has 0 bridgehead atoms. The van der Waals surface area contributed by atoms with Crippen molar-refractivity contribution in [3.8, 4) is 11.1 Å². The van der Waals surface area contributed by atoms with Gasteiger partial charge in [0.05, 0.1) is 5.02 Å². The van der Waals surface area contributed by atoms with Gasteiger partial charge in [-0.3, -0.25) is 0 Å². The highest BCUT2D eigenvalue weighted by Gasteiger charge is 2.61. The lowest BCUT2D eigenvalue weighted by atomic mass is 9.90. The third-order valence-corrected chi connectivity index (χ3v) is 3.80. The molecule has 2 aromatic rings. The molecule has 0 aromatic heterocycles. The molecule has 0 unspecified atom stereocenters. The van der Waals surface area contributed by atoms with E-state index in [0.29, 0.717) is 0 Å². The van der Waals surface area contributed by atoms with Crippen LogP contribution in [0.3, 0.4) is 0 Å². The van der Waals surface area contributed by atoms with E-state index < -0.39 is 11.8 Å². The predicted molar refractivity (Wildman–Crippen MR) is 70.4 cm³/mol. The summed E-state index contributed by atoms with van der Waals surface area (Å²) >= 11 is 6.02. The molecular weight excluding hydrogens is 291 g/mol. The molecule has 20 heavy (non-hydrogen) atoms. The minimum Gasteiger partial charge on any atom is -0.399 e. The van der Waals surface area contributed by atoms with Crippen molar-refractivity contribution in [1.29, 1.82) is 0 Å². The van der Waals surface area contributed by atoms with Crippen LogP contribution in [0.25, 0.3) is 11.1 Å². The molecular formula is C14H9ClF3NO. The van der Waals surface area contributed by atoms with Crippen LogP contribution in [0.4, 0.5) is 18.9 Å². The van der Waals surface area contributed by atoms with Crippen molar-refractivity contribution >= 4 is 17.3 Å². The molecule has 3 N–H and O–H groups in total. The molecule has 0 saturated heterocycles. The summed E-state index contributed by atoms with van der Waals surface area (Å²) in [5.41, 5.74) is 2.45. The van der Waals surface area contributed by atoms with Gasteiger partial charge in [0.2, 0.25) is 5.60 Å². The summed E-state index contributed by atoms with van der Waals surface area (Å²) < 4.78 is 40.3. The van der Waals surface area contributed by atoms with Crippen LogP contribution in [-0.4, -0.2) is 11.3 Å². The van der Waals surface area contributed by atoms with Gasteiger partial charge in [-0.05, 0) is 17.7 Å². The number of alkyl halides is 3. The van der Waals surface area contributed by atoms with E-state index in [-0.39, 0.29) is 33.0 Å². The highest BCUT2D eigenvalue weighted by Crippen LogP contribution is 2.56. The number of nitrogens with two attached hydrogens (primary N) is 1. The Kier molecular flexibility index (Phi) is 2.59. The average Bonchev–Trinajstić information content (AvgIpc) is 2.61. The Balaban J connectivity index is 2.47. The topological polar surface area (TPSA) is 46.2 Å². The molecule has 6 heteroatoms. The number of anilines is 1. The monoisotopic (exact) mass is 299 g/mol. The van der Waals surface area contributed by atoms with Gasteiger partial charge in [0, 0.05) is 22.4 Å². The predicted octanol–water partition coefficient (Wildman–Crippen LogP) is 3.70. The molecule has 2 aromatic carbocycles. The van der Waals surface area contributed by atoms with Gasteiger partial charge >= 0.3 is 6.18 Å². The summed E-state index contributed by atoms with van der Waals surface area (Å²) in [6.45, 7) is 0. The van der Waals surface area contributed by atoms with Gasteiger partial charge in [-0.25, -0.2) is 0 Å². The van der Waals surface area contributed by atoms with Gasteiger partial charge in [-0.2, -0.15) is 13.2 Å². The summed E-state index contributed by atoms with van der Waals surface area (Å²) in [6, 6.07) is 8.28. The van der Waals surface area contributed by atoms with Crippen molar-refractivity contribution in [2.75, 3.05) is 5.73 Å². The zero-order valence-corrected chi connectivity index (χ0v) is 10.8. The van der Waals surface area contributed by atoms with Crippen LogP contribution in [-0.2, 0) is 5.60 Å². The van der Waals surface area contributed by atoms with E-state index in [1.54, 1.807) is 6.07 Å². The molecule has 0 spiro atoms. The van der Waals surface area contributed by atoms with E-state index in [0.717, 1.165) is 6.07 Å². The van der Waals surface area contributed by atoms with Gasteiger partial charge in [-0.1, -0.05) is 35.9 Å². The van der Waals surface area contributed by atoms with Crippen LogP contribution in [0.2, 0.25) is 5.02 Å². The Hall–Kier alpha value is -1.72. The summed E-state index contributed by atoms with van der Waals surface area (Å²) in [5.74, 6) is 0. The fourth-order valence-electron chi connectivity index (χ4n) is 2.65. The minimum absolute atomic E-state index is 0.0734. The molecule has 2 nitrogen and oxygen atoms in total. The fourth-order valence-corrected chi connectivity index (χ4v) is 2.98. The maximum absolute atomic E-state index is 13.4. The molecule has 0 radical (unpaired) electrons. The van der Waals surface area contributed by atoms with E-state index in [4.69, 9.17) is 17.3 Å². The zero-order chi connectivity index (χ0) is 14.7. The van der Waals surface area contributed by atoms with Crippen molar-refractivity contribution in [3.63, 3.8) is 0 Å². The molecule has 0 heterocycles. The number of halogens is 4. The molecule has 1 aliphatic carbocycles. The molecule has 1 atom stereocenters. The number of hydrogen-bond donors (Lipinski definition) is 2. The van der Waals surface area contributed by atoms with Gasteiger partial charge in [0.15, 0.2) is 0 Å². The summed E-state index contributed by atoms with van der Waals surface area (Å²) in [6.07, 6.45) is -4.87. The number of hydrogen-bond acceptors (Lipinski definition) is 2. The quantitative estimate of drug-likeness (QED) is 0.729. The Bertz CT molecular complexity index is 714. The van der Waals surface area contributed by atoms with Crippen molar-refractivity contribution in [2.45, 2.75) is 11.8 Å². The van der Waals surface area contributed by atoms with Crippen LogP contribution in [0.1, 0.15) is 11.1 Å². The SMILES string of the molecule is Nc1cc(Cl)c2c(c1)[C@@](O)(C(F)(F)F)c1ccccc1-2. The van der Waals surface area contributed by atoms with E-state index in [9.17, 15) is 18.3 Å². The lowest BCUT2D eigenvalue weighted by molar-refractivity contribution is -0.246. The standard InChI is InChI=1S/C14H9ClF3NO/c15-11-6-7(19)5-10-12(11)8-3-1-2-4-9(8)13(10,20)14(16,17)18/h1-6,20H,19H2/t13-/m1/s1. The fraction of sp³-hybridized carbons (Fsp3) is 0.143.